The number of halogens is 1. The minimum absolute atomic E-state index is 0.393. The highest BCUT2D eigenvalue weighted by Crippen LogP contribution is 2.20. The fourth-order valence-corrected chi connectivity index (χ4v) is 2.87. The van der Waals surface area contributed by atoms with E-state index in [0.717, 1.165) is 26.2 Å². The van der Waals surface area contributed by atoms with Crippen LogP contribution >= 0.6 is 11.6 Å². The second kappa shape index (κ2) is 6.21. The number of aromatic nitrogens is 4. The Morgan fingerprint density at radius 1 is 1.39 bits per heavy atom. The number of imidazole rings is 1. The summed E-state index contributed by atoms with van der Waals surface area (Å²) in [7, 11) is 1.61. The largest absolute Gasteiger partial charge is 0.343 e. The first kappa shape index (κ1) is 15.8. The number of allylic oxidation sites excluding steroid dienone is 2. The molecule has 9 heteroatoms. The molecule has 124 valence electrons. The molecule has 0 unspecified atom stereocenters. The Bertz CT molecular complexity index is 868. The lowest BCUT2D eigenvalue weighted by Gasteiger charge is -2.26. The van der Waals surface area contributed by atoms with E-state index >= 15 is 0 Å². The first-order valence-corrected chi connectivity index (χ1v) is 7.95. The first-order chi connectivity index (χ1) is 11.0. The molecule has 1 saturated heterocycles. The fourth-order valence-electron chi connectivity index (χ4n) is 2.80. The number of aryl methyl sites for hydroxylation is 1. The van der Waals surface area contributed by atoms with Gasteiger partial charge in [-0.05, 0) is 6.92 Å². The van der Waals surface area contributed by atoms with Gasteiger partial charge in [-0.25, -0.2) is 4.79 Å². The lowest BCUT2D eigenvalue weighted by molar-refractivity contribution is -0.655. The van der Waals surface area contributed by atoms with Gasteiger partial charge in [0.05, 0.1) is 26.2 Å². The van der Waals surface area contributed by atoms with Gasteiger partial charge in [0.1, 0.15) is 0 Å². The third kappa shape index (κ3) is 2.91. The lowest BCUT2D eigenvalue weighted by Crippen LogP contribution is -2.89. The van der Waals surface area contributed by atoms with Crippen molar-refractivity contribution in [3.8, 4) is 0 Å². The van der Waals surface area contributed by atoms with Crippen molar-refractivity contribution in [3.63, 3.8) is 0 Å². The molecule has 3 heterocycles. The van der Waals surface area contributed by atoms with Gasteiger partial charge in [-0.1, -0.05) is 17.7 Å². The summed E-state index contributed by atoms with van der Waals surface area (Å²) in [6.07, 6.45) is 1.83. The van der Waals surface area contributed by atoms with Crippen LogP contribution in [-0.2, 0) is 13.6 Å². The average molecular weight is 340 g/mol. The highest BCUT2D eigenvalue weighted by molar-refractivity contribution is 6.29. The van der Waals surface area contributed by atoms with Gasteiger partial charge in [0.25, 0.3) is 5.56 Å². The summed E-state index contributed by atoms with van der Waals surface area (Å²) in [5.41, 5.74) is -0.101. The van der Waals surface area contributed by atoms with E-state index in [4.69, 9.17) is 11.6 Å². The zero-order chi connectivity index (χ0) is 16.6. The molecular weight excluding hydrogens is 320 g/mol. The predicted octanol–water partition coefficient (Wildman–Crippen LogP) is -1.05. The third-order valence-electron chi connectivity index (χ3n) is 4.03. The van der Waals surface area contributed by atoms with Gasteiger partial charge in [-0.3, -0.25) is 14.3 Å². The van der Waals surface area contributed by atoms with E-state index in [1.807, 2.05) is 10.6 Å². The van der Waals surface area contributed by atoms with Crippen LogP contribution in [0.5, 0.6) is 0 Å². The maximum atomic E-state index is 12.3. The normalized spacial score (nSPS) is 16.3. The highest BCUT2D eigenvalue weighted by Gasteiger charge is 2.23. The standard InChI is InChI=1S/C14H19ClN6O2/c1-9(15)3-6-21-10-11(19(2)14(23)18-12(10)22)17-13(21)20-7-4-16-5-8-20/h3,16H,4-8H2,1-2H3,(H,18,22,23)/p+1. The van der Waals surface area contributed by atoms with Crippen LogP contribution in [0.3, 0.4) is 0 Å². The van der Waals surface area contributed by atoms with Crippen molar-refractivity contribution < 1.29 is 5.32 Å². The van der Waals surface area contributed by atoms with E-state index in [-0.39, 0.29) is 0 Å². The van der Waals surface area contributed by atoms with Crippen LogP contribution < -0.4 is 21.5 Å². The number of rotatable bonds is 3. The molecule has 2 aromatic heterocycles. The van der Waals surface area contributed by atoms with Crippen LogP contribution in [-0.4, -0.2) is 45.3 Å². The smallest absolute Gasteiger partial charge is 0.329 e. The summed E-state index contributed by atoms with van der Waals surface area (Å²) in [6.45, 7) is 5.86. The van der Waals surface area contributed by atoms with Crippen molar-refractivity contribution in [1.29, 1.82) is 0 Å². The van der Waals surface area contributed by atoms with Crippen LogP contribution in [0.1, 0.15) is 6.92 Å². The van der Waals surface area contributed by atoms with Gasteiger partial charge in [0, 0.05) is 18.6 Å². The number of nitrogens with zero attached hydrogens (tertiary/aromatic N) is 4. The number of nitrogens with two attached hydrogens (primary N) is 1. The van der Waals surface area contributed by atoms with Gasteiger partial charge in [-0.2, -0.15) is 4.98 Å². The molecule has 0 atom stereocenters. The molecule has 3 N–H and O–H groups in total. The van der Waals surface area contributed by atoms with Gasteiger partial charge < -0.3 is 14.8 Å². The SMILES string of the molecule is CC(Cl)=CCn1c(N2CC[NH2+]CC2)nc2c1c(=O)[nH]c(=O)n2C. The summed E-state index contributed by atoms with van der Waals surface area (Å²) in [6, 6.07) is 0. The van der Waals surface area contributed by atoms with Crippen LogP contribution in [0.25, 0.3) is 11.2 Å². The van der Waals surface area contributed by atoms with Gasteiger partial charge in [-0.15, -0.1) is 0 Å². The second-order valence-corrected chi connectivity index (χ2v) is 6.25. The molecule has 1 aliphatic heterocycles. The fraction of sp³-hybridized carbons (Fsp3) is 0.500. The Balaban J connectivity index is 2.24. The molecule has 0 spiro atoms. The van der Waals surface area contributed by atoms with E-state index in [2.05, 4.69) is 20.2 Å². The zero-order valence-electron chi connectivity index (χ0n) is 13.2. The van der Waals surface area contributed by atoms with Crippen molar-refractivity contribution in [3.05, 3.63) is 31.9 Å². The summed E-state index contributed by atoms with van der Waals surface area (Å²) >= 11 is 5.95. The number of aromatic amines is 1. The summed E-state index contributed by atoms with van der Waals surface area (Å²) in [4.78, 5) is 33.2. The van der Waals surface area contributed by atoms with Crippen molar-refractivity contribution in [2.24, 2.45) is 7.05 Å². The highest BCUT2D eigenvalue weighted by atomic mass is 35.5. The van der Waals surface area contributed by atoms with Crippen molar-refractivity contribution >= 4 is 28.7 Å². The summed E-state index contributed by atoms with van der Waals surface area (Å²) in [5, 5.41) is 2.89. The summed E-state index contributed by atoms with van der Waals surface area (Å²) < 4.78 is 3.19. The molecule has 1 aliphatic rings. The van der Waals surface area contributed by atoms with Crippen molar-refractivity contribution in [2.75, 3.05) is 31.1 Å². The molecule has 0 bridgehead atoms. The number of hydrogen-bond donors (Lipinski definition) is 2. The van der Waals surface area contributed by atoms with Crippen LogP contribution in [0.4, 0.5) is 5.95 Å². The Morgan fingerprint density at radius 3 is 2.74 bits per heavy atom. The molecule has 1 fully saturated rings. The van der Waals surface area contributed by atoms with E-state index in [1.165, 1.54) is 4.57 Å². The van der Waals surface area contributed by atoms with Crippen molar-refractivity contribution in [2.45, 2.75) is 13.5 Å². The molecule has 0 saturated carbocycles. The molecule has 0 aromatic carbocycles. The van der Waals surface area contributed by atoms with Crippen LogP contribution in [0.15, 0.2) is 20.7 Å². The second-order valence-electron chi connectivity index (χ2n) is 5.66. The number of H-pyrrole nitrogens is 1. The number of anilines is 1. The zero-order valence-corrected chi connectivity index (χ0v) is 13.9. The first-order valence-electron chi connectivity index (χ1n) is 7.57. The van der Waals surface area contributed by atoms with Gasteiger partial charge in [0.2, 0.25) is 5.95 Å². The topological polar surface area (TPSA) is 92.5 Å². The van der Waals surface area contributed by atoms with E-state index in [9.17, 15) is 9.59 Å². The molecular formula is C14H20ClN6O2+. The van der Waals surface area contributed by atoms with E-state index in [1.54, 1.807) is 14.0 Å². The maximum Gasteiger partial charge on any atom is 0.329 e. The summed E-state index contributed by atoms with van der Waals surface area (Å²) in [5.74, 6) is 0.703. The third-order valence-corrected chi connectivity index (χ3v) is 4.19. The molecule has 0 aliphatic carbocycles. The molecule has 3 rings (SSSR count). The van der Waals surface area contributed by atoms with E-state index in [0.29, 0.717) is 28.7 Å². The molecule has 8 nitrogen and oxygen atoms in total. The minimum Gasteiger partial charge on any atom is -0.343 e. The van der Waals surface area contributed by atoms with Crippen LogP contribution in [0, 0.1) is 0 Å². The Morgan fingerprint density at radius 2 is 2.09 bits per heavy atom. The van der Waals surface area contributed by atoms with Gasteiger partial charge >= 0.3 is 5.69 Å². The van der Waals surface area contributed by atoms with E-state index < -0.39 is 11.2 Å². The molecule has 0 radical (unpaired) electrons. The monoisotopic (exact) mass is 339 g/mol. The number of quaternary nitrogens is 1. The van der Waals surface area contributed by atoms with Crippen molar-refractivity contribution in [1.82, 2.24) is 19.1 Å². The van der Waals surface area contributed by atoms with Gasteiger partial charge in [0.15, 0.2) is 11.2 Å². The Labute approximate surface area is 137 Å². The Hall–Kier alpha value is -2.06. The number of fused-ring (bicyclic) bond motifs is 1. The van der Waals surface area contributed by atoms with Crippen LogP contribution in [0.2, 0.25) is 0 Å². The molecule has 23 heavy (non-hydrogen) atoms. The lowest BCUT2D eigenvalue weighted by atomic mass is 10.4. The molecule has 0 amide bonds. The maximum absolute atomic E-state index is 12.3. The molecule has 2 aromatic rings. The number of hydrogen-bond acceptors (Lipinski definition) is 4. The number of piperazine rings is 1. The Kier molecular flexibility index (Phi) is 4.27. The predicted molar refractivity (Wildman–Crippen MR) is 89.1 cm³/mol. The number of nitrogens with one attached hydrogen (secondary N) is 1. The minimum atomic E-state index is -0.463. The quantitative estimate of drug-likeness (QED) is 0.746. The average Bonchev–Trinajstić information content (AvgIpc) is 2.91.